The zero-order chi connectivity index (χ0) is 7.44. The van der Waals surface area contributed by atoms with Crippen LogP contribution in [0.5, 0.6) is 0 Å². The van der Waals surface area contributed by atoms with Gasteiger partial charge in [0.25, 0.3) is 0 Å². The Morgan fingerprint density at radius 3 is 2.11 bits per heavy atom. The number of carboxylic acid groups (broad SMARTS) is 1. The summed E-state index contributed by atoms with van der Waals surface area (Å²) in [5.74, 6) is -1.38. The van der Waals surface area contributed by atoms with Gasteiger partial charge >= 0.3 is 5.97 Å². The zero-order valence-corrected chi connectivity index (χ0v) is 5.11. The number of aliphatic hydroxyl groups is 2. The van der Waals surface area contributed by atoms with E-state index in [2.05, 4.69) is 0 Å². The van der Waals surface area contributed by atoms with Crippen molar-refractivity contribution in [2.45, 2.75) is 25.6 Å². The Morgan fingerprint density at radius 1 is 1.56 bits per heavy atom. The number of carbonyl (C=O) groups is 1. The lowest BCUT2D eigenvalue weighted by molar-refractivity contribution is -0.152. The molecule has 2 atom stereocenters. The summed E-state index contributed by atoms with van der Waals surface area (Å²) in [6, 6.07) is 0. The number of carboxylic acids is 1. The molecule has 54 valence electrons. The Bertz CT molecular complexity index is 101. The summed E-state index contributed by atoms with van der Waals surface area (Å²) in [6.07, 6.45) is -2.55. The lowest BCUT2D eigenvalue weighted by Gasteiger charge is -2.09. The fourth-order valence-corrected chi connectivity index (χ4v) is 0.388. The molecule has 0 fully saturated rings. The van der Waals surface area contributed by atoms with E-state index >= 15 is 0 Å². The highest BCUT2D eigenvalue weighted by atomic mass is 16.4. The van der Waals surface area contributed by atoms with E-state index in [0.717, 1.165) is 0 Å². The standard InChI is InChI=1S/C5H10O4/c1-2-3(6)4(7)5(8)9/h3-4,6-7H,2H2,1H3,(H,8,9). The summed E-state index contributed by atoms with van der Waals surface area (Å²) < 4.78 is 0. The van der Waals surface area contributed by atoms with Gasteiger partial charge in [-0.15, -0.1) is 0 Å². The Balaban J connectivity index is 3.72. The minimum atomic E-state index is -1.64. The first-order valence-corrected chi connectivity index (χ1v) is 2.68. The third-order valence-electron chi connectivity index (χ3n) is 1.04. The molecule has 0 aliphatic heterocycles. The first kappa shape index (κ1) is 8.39. The van der Waals surface area contributed by atoms with Crippen molar-refractivity contribution in [1.82, 2.24) is 0 Å². The van der Waals surface area contributed by atoms with E-state index < -0.39 is 18.2 Å². The summed E-state index contributed by atoms with van der Waals surface area (Å²) in [4.78, 5) is 9.89. The van der Waals surface area contributed by atoms with E-state index in [9.17, 15) is 4.79 Å². The summed E-state index contributed by atoms with van der Waals surface area (Å²) in [5, 5.41) is 25.3. The maximum Gasteiger partial charge on any atom is 0.335 e. The molecule has 2 unspecified atom stereocenters. The molecule has 0 aromatic carbocycles. The number of aliphatic carboxylic acids is 1. The van der Waals surface area contributed by atoms with E-state index in [-0.39, 0.29) is 6.42 Å². The van der Waals surface area contributed by atoms with Crippen LogP contribution in [0.2, 0.25) is 0 Å². The predicted octanol–water partition coefficient (Wildman–Crippen LogP) is -0.797. The fourth-order valence-electron chi connectivity index (χ4n) is 0.388. The maximum absolute atomic E-state index is 9.89. The second-order valence-corrected chi connectivity index (χ2v) is 1.76. The predicted molar refractivity (Wildman–Crippen MR) is 29.9 cm³/mol. The van der Waals surface area contributed by atoms with Gasteiger partial charge in [-0.2, -0.15) is 0 Å². The van der Waals surface area contributed by atoms with Crippen LogP contribution in [0.25, 0.3) is 0 Å². The van der Waals surface area contributed by atoms with Crippen molar-refractivity contribution in [3.8, 4) is 0 Å². The first-order valence-electron chi connectivity index (χ1n) is 2.68. The average Bonchev–Trinajstić information content (AvgIpc) is 1.84. The topological polar surface area (TPSA) is 77.8 Å². The molecule has 0 heterocycles. The molecule has 3 N–H and O–H groups in total. The minimum Gasteiger partial charge on any atom is -0.479 e. The van der Waals surface area contributed by atoms with Crippen LogP contribution in [0.4, 0.5) is 0 Å². The van der Waals surface area contributed by atoms with Gasteiger partial charge in [-0.25, -0.2) is 4.79 Å². The lowest BCUT2D eigenvalue weighted by atomic mass is 10.2. The molecule has 9 heavy (non-hydrogen) atoms. The molecule has 0 aromatic heterocycles. The normalized spacial score (nSPS) is 16.8. The molecule has 0 radical (unpaired) electrons. The second kappa shape index (κ2) is 3.42. The molecular weight excluding hydrogens is 124 g/mol. The van der Waals surface area contributed by atoms with Crippen molar-refractivity contribution >= 4 is 5.97 Å². The van der Waals surface area contributed by atoms with E-state index in [0.29, 0.717) is 0 Å². The number of hydrogen-bond donors (Lipinski definition) is 3. The molecule has 0 spiro atoms. The average molecular weight is 134 g/mol. The lowest BCUT2D eigenvalue weighted by Crippen LogP contribution is -2.32. The smallest absolute Gasteiger partial charge is 0.335 e. The van der Waals surface area contributed by atoms with Crippen molar-refractivity contribution in [3.63, 3.8) is 0 Å². The third-order valence-corrected chi connectivity index (χ3v) is 1.04. The van der Waals surface area contributed by atoms with Crippen molar-refractivity contribution < 1.29 is 20.1 Å². The van der Waals surface area contributed by atoms with Crippen molar-refractivity contribution in [1.29, 1.82) is 0 Å². The van der Waals surface area contributed by atoms with E-state index in [1.54, 1.807) is 6.92 Å². The SMILES string of the molecule is CCC(O)C(O)C(=O)O. The Morgan fingerprint density at radius 2 is 2.00 bits per heavy atom. The van der Waals surface area contributed by atoms with Gasteiger partial charge in [0.15, 0.2) is 6.10 Å². The van der Waals surface area contributed by atoms with E-state index in [1.165, 1.54) is 0 Å². The van der Waals surface area contributed by atoms with Gasteiger partial charge in [-0.3, -0.25) is 0 Å². The van der Waals surface area contributed by atoms with Crippen molar-refractivity contribution in [3.05, 3.63) is 0 Å². The summed E-state index contributed by atoms with van der Waals surface area (Å²) in [6.45, 7) is 1.59. The summed E-state index contributed by atoms with van der Waals surface area (Å²) in [5.41, 5.74) is 0. The Labute approximate surface area is 52.7 Å². The fraction of sp³-hybridized carbons (Fsp3) is 0.800. The van der Waals surface area contributed by atoms with E-state index in [1.807, 2.05) is 0 Å². The van der Waals surface area contributed by atoms with Crippen LogP contribution in [0.3, 0.4) is 0 Å². The highest BCUT2D eigenvalue weighted by Gasteiger charge is 2.20. The van der Waals surface area contributed by atoms with Gasteiger partial charge in [0.05, 0.1) is 6.10 Å². The van der Waals surface area contributed by atoms with Crippen LogP contribution in [-0.2, 0) is 4.79 Å². The van der Waals surface area contributed by atoms with Crippen LogP contribution in [0.15, 0.2) is 0 Å². The molecule has 0 aliphatic carbocycles. The molecule has 4 heteroatoms. The minimum absolute atomic E-state index is 0.244. The van der Waals surface area contributed by atoms with Crippen LogP contribution >= 0.6 is 0 Å². The number of rotatable bonds is 3. The molecule has 0 bridgehead atoms. The van der Waals surface area contributed by atoms with E-state index in [4.69, 9.17) is 15.3 Å². The Hall–Kier alpha value is -0.610. The van der Waals surface area contributed by atoms with Crippen LogP contribution in [0.1, 0.15) is 13.3 Å². The van der Waals surface area contributed by atoms with Gasteiger partial charge in [0.1, 0.15) is 0 Å². The van der Waals surface area contributed by atoms with Crippen LogP contribution in [-0.4, -0.2) is 33.5 Å². The zero-order valence-electron chi connectivity index (χ0n) is 5.11. The molecule has 0 aromatic rings. The summed E-state index contributed by atoms with van der Waals surface area (Å²) >= 11 is 0. The number of aliphatic hydroxyl groups excluding tert-OH is 2. The maximum atomic E-state index is 9.89. The molecule has 0 aliphatic rings. The van der Waals surface area contributed by atoms with Gasteiger partial charge in [-0.05, 0) is 6.42 Å². The summed E-state index contributed by atoms with van der Waals surface area (Å²) in [7, 11) is 0. The quantitative estimate of drug-likeness (QED) is 0.472. The van der Waals surface area contributed by atoms with Crippen LogP contribution in [0, 0.1) is 0 Å². The largest absolute Gasteiger partial charge is 0.479 e. The number of hydrogen-bond acceptors (Lipinski definition) is 3. The molecule has 0 saturated heterocycles. The molecule has 4 nitrogen and oxygen atoms in total. The van der Waals surface area contributed by atoms with Crippen molar-refractivity contribution in [2.75, 3.05) is 0 Å². The van der Waals surface area contributed by atoms with Crippen molar-refractivity contribution in [2.24, 2.45) is 0 Å². The van der Waals surface area contributed by atoms with Crippen LogP contribution < -0.4 is 0 Å². The van der Waals surface area contributed by atoms with Gasteiger partial charge in [-0.1, -0.05) is 6.92 Å². The van der Waals surface area contributed by atoms with Gasteiger partial charge in [0.2, 0.25) is 0 Å². The molecular formula is C5H10O4. The molecule has 0 amide bonds. The highest BCUT2D eigenvalue weighted by Crippen LogP contribution is 1.96. The third kappa shape index (κ3) is 2.43. The van der Waals surface area contributed by atoms with Gasteiger partial charge < -0.3 is 15.3 Å². The van der Waals surface area contributed by atoms with Gasteiger partial charge in [0, 0.05) is 0 Å². The Kier molecular flexibility index (Phi) is 3.19. The first-order chi connectivity index (χ1) is 4.09. The second-order valence-electron chi connectivity index (χ2n) is 1.76. The monoisotopic (exact) mass is 134 g/mol. The molecule has 0 saturated carbocycles. The molecule has 0 rings (SSSR count). The highest BCUT2D eigenvalue weighted by molar-refractivity contribution is 5.72.